The van der Waals surface area contributed by atoms with Gasteiger partial charge in [-0.15, -0.1) is 6.42 Å². The largest absolute Gasteiger partial charge is 0.258 e. The summed E-state index contributed by atoms with van der Waals surface area (Å²) in [6, 6.07) is 3.97. The molecule has 0 radical (unpaired) electrons. The number of hydrazone groups is 1. The SMILES string of the molecule is C#CC1C=C(/C(=C/C)c2ccc(C)nc2C)C=CN1/N=C\C. The molecule has 3 heteroatoms. The zero-order valence-electron chi connectivity index (χ0n) is 13.5. The van der Waals surface area contributed by atoms with Crippen molar-refractivity contribution < 1.29 is 0 Å². The molecule has 0 saturated carbocycles. The summed E-state index contributed by atoms with van der Waals surface area (Å²) in [4.78, 5) is 4.55. The first-order chi connectivity index (χ1) is 10.6. The van der Waals surface area contributed by atoms with Gasteiger partial charge in [0.25, 0.3) is 0 Å². The lowest BCUT2D eigenvalue weighted by Crippen LogP contribution is -2.25. The van der Waals surface area contributed by atoms with Crippen molar-refractivity contribution in [3.8, 4) is 12.3 Å². The normalized spacial score (nSPS) is 18.5. The van der Waals surface area contributed by atoms with Gasteiger partial charge in [0, 0.05) is 29.4 Å². The molecule has 0 aromatic carbocycles. The number of hydrogen-bond acceptors (Lipinski definition) is 3. The Balaban J connectivity index is 2.41. The Labute approximate surface area is 132 Å². The monoisotopic (exact) mass is 291 g/mol. The van der Waals surface area contributed by atoms with E-state index in [1.807, 2.05) is 46.0 Å². The molecule has 112 valence electrons. The predicted molar refractivity (Wildman–Crippen MR) is 93.2 cm³/mol. The quantitative estimate of drug-likeness (QED) is 0.625. The molecule has 1 unspecified atom stereocenters. The molecule has 1 aliphatic rings. The molecular weight excluding hydrogens is 270 g/mol. The van der Waals surface area contributed by atoms with Gasteiger partial charge in [0.05, 0.1) is 0 Å². The summed E-state index contributed by atoms with van der Waals surface area (Å²) in [6.45, 7) is 7.94. The molecule has 1 atom stereocenters. The number of aryl methyl sites for hydroxylation is 2. The van der Waals surface area contributed by atoms with E-state index in [1.54, 1.807) is 11.2 Å². The second-order valence-electron chi connectivity index (χ2n) is 5.09. The molecule has 22 heavy (non-hydrogen) atoms. The van der Waals surface area contributed by atoms with Gasteiger partial charge < -0.3 is 0 Å². The van der Waals surface area contributed by atoms with Crippen molar-refractivity contribution in [3.05, 3.63) is 59.1 Å². The highest BCUT2D eigenvalue weighted by Gasteiger charge is 2.17. The Morgan fingerprint density at radius 2 is 2.14 bits per heavy atom. The third-order valence-electron chi connectivity index (χ3n) is 3.56. The Hall–Kier alpha value is -2.60. The van der Waals surface area contributed by atoms with Crippen LogP contribution < -0.4 is 0 Å². The average Bonchev–Trinajstić information content (AvgIpc) is 2.51. The predicted octanol–water partition coefficient (Wildman–Crippen LogP) is 3.86. The zero-order valence-corrected chi connectivity index (χ0v) is 13.5. The van der Waals surface area contributed by atoms with E-state index in [9.17, 15) is 0 Å². The lowest BCUT2D eigenvalue weighted by Gasteiger charge is -2.24. The van der Waals surface area contributed by atoms with E-state index in [0.717, 1.165) is 28.1 Å². The van der Waals surface area contributed by atoms with Crippen LogP contribution in [0.5, 0.6) is 0 Å². The van der Waals surface area contributed by atoms with Crippen LogP contribution in [0.2, 0.25) is 0 Å². The zero-order chi connectivity index (χ0) is 16.1. The molecular formula is C19H21N3. The summed E-state index contributed by atoms with van der Waals surface area (Å²) >= 11 is 0. The lowest BCUT2D eigenvalue weighted by atomic mass is 9.93. The van der Waals surface area contributed by atoms with Crippen LogP contribution in [0.3, 0.4) is 0 Å². The summed E-state index contributed by atoms with van der Waals surface area (Å²) in [7, 11) is 0. The number of nitrogens with zero attached hydrogens (tertiary/aromatic N) is 3. The van der Waals surface area contributed by atoms with Crippen molar-refractivity contribution in [1.29, 1.82) is 0 Å². The highest BCUT2D eigenvalue weighted by atomic mass is 15.5. The van der Waals surface area contributed by atoms with E-state index < -0.39 is 0 Å². The molecule has 0 spiro atoms. The molecule has 0 saturated heterocycles. The van der Waals surface area contributed by atoms with Gasteiger partial charge in [-0.1, -0.05) is 18.1 Å². The fourth-order valence-electron chi connectivity index (χ4n) is 2.55. The first-order valence-corrected chi connectivity index (χ1v) is 7.35. The molecule has 0 N–H and O–H groups in total. The van der Waals surface area contributed by atoms with Gasteiger partial charge >= 0.3 is 0 Å². The molecule has 3 nitrogen and oxygen atoms in total. The number of aromatic nitrogens is 1. The fourth-order valence-corrected chi connectivity index (χ4v) is 2.55. The first-order valence-electron chi connectivity index (χ1n) is 7.35. The van der Waals surface area contributed by atoms with Crippen LogP contribution in [-0.2, 0) is 0 Å². The van der Waals surface area contributed by atoms with Crippen LogP contribution in [0.15, 0.2) is 47.2 Å². The summed E-state index contributed by atoms with van der Waals surface area (Å²) < 4.78 is 0. The third-order valence-corrected chi connectivity index (χ3v) is 3.56. The van der Waals surface area contributed by atoms with Crippen molar-refractivity contribution in [1.82, 2.24) is 9.99 Å². The van der Waals surface area contributed by atoms with Gasteiger partial charge in [0.15, 0.2) is 0 Å². The molecule has 0 fully saturated rings. The van der Waals surface area contributed by atoms with E-state index in [2.05, 4.69) is 34.2 Å². The minimum absolute atomic E-state index is 0.176. The van der Waals surface area contributed by atoms with E-state index in [-0.39, 0.29) is 6.04 Å². The van der Waals surface area contributed by atoms with E-state index in [1.165, 1.54) is 0 Å². The van der Waals surface area contributed by atoms with Gasteiger partial charge in [-0.2, -0.15) is 5.10 Å². The highest BCUT2D eigenvalue weighted by Crippen LogP contribution is 2.29. The fraction of sp³-hybridized carbons (Fsp3) is 0.263. The maximum absolute atomic E-state index is 5.64. The standard InChI is InChI=1S/C19H21N3/c1-6-17-13-16(11-12-22(17)20-8-3)18(7-2)19-10-9-14(4)21-15(19)5/h1,7-13,17H,2-5H3/b18-7-,20-8-. The second-order valence-corrected chi connectivity index (χ2v) is 5.09. The maximum Gasteiger partial charge on any atom is 0.131 e. The number of rotatable bonds is 3. The Morgan fingerprint density at radius 1 is 1.36 bits per heavy atom. The summed E-state index contributed by atoms with van der Waals surface area (Å²) in [5, 5.41) is 6.03. The molecule has 1 aromatic heterocycles. The number of hydrogen-bond donors (Lipinski definition) is 0. The van der Waals surface area contributed by atoms with Gasteiger partial charge in [0.1, 0.15) is 6.04 Å². The molecule has 1 aromatic rings. The van der Waals surface area contributed by atoms with Crippen molar-refractivity contribution in [3.63, 3.8) is 0 Å². The molecule has 0 amide bonds. The van der Waals surface area contributed by atoms with Gasteiger partial charge in [-0.3, -0.25) is 9.99 Å². The van der Waals surface area contributed by atoms with Gasteiger partial charge in [-0.05, 0) is 57.1 Å². The van der Waals surface area contributed by atoms with Crippen molar-refractivity contribution in [2.75, 3.05) is 0 Å². The molecule has 2 heterocycles. The molecule has 1 aliphatic heterocycles. The minimum Gasteiger partial charge on any atom is -0.258 e. The van der Waals surface area contributed by atoms with Crippen LogP contribution in [0.25, 0.3) is 5.57 Å². The third kappa shape index (κ3) is 3.17. The van der Waals surface area contributed by atoms with Gasteiger partial charge in [0.2, 0.25) is 0 Å². The highest BCUT2D eigenvalue weighted by molar-refractivity contribution is 5.83. The van der Waals surface area contributed by atoms with Crippen molar-refractivity contribution in [2.24, 2.45) is 5.10 Å². The number of terminal acetylenes is 1. The Bertz CT molecular complexity index is 715. The summed E-state index contributed by atoms with van der Waals surface area (Å²) in [5.41, 5.74) is 5.42. The van der Waals surface area contributed by atoms with Crippen molar-refractivity contribution in [2.45, 2.75) is 33.7 Å². The Morgan fingerprint density at radius 3 is 2.73 bits per heavy atom. The van der Waals surface area contributed by atoms with Crippen LogP contribution in [0, 0.1) is 26.2 Å². The maximum atomic E-state index is 5.64. The Kier molecular flexibility index (Phi) is 4.95. The lowest BCUT2D eigenvalue weighted by molar-refractivity contribution is 0.387. The van der Waals surface area contributed by atoms with Crippen LogP contribution in [-0.4, -0.2) is 22.2 Å². The van der Waals surface area contributed by atoms with Crippen LogP contribution in [0.4, 0.5) is 0 Å². The van der Waals surface area contributed by atoms with E-state index >= 15 is 0 Å². The van der Waals surface area contributed by atoms with E-state index in [0.29, 0.717) is 0 Å². The number of allylic oxidation sites excluding steroid dienone is 4. The van der Waals surface area contributed by atoms with E-state index in [4.69, 9.17) is 6.42 Å². The van der Waals surface area contributed by atoms with Gasteiger partial charge in [-0.25, -0.2) is 0 Å². The second kappa shape index (κ2) is 6.91. The smallest absolute Gasteiger partial charge is 0.131 e. The van der Waals surface area contributed by atoms with Crippen LogP contribution in [0.1, 0.15) is 30.8 Å². The molecule has 0 aliphatic carbocycles. The molecule has 2 rings (SSSR count). The average molecular weight is 291 g/mol. The summed E-state index contributed by atoms with van der Waals surface area (Å²) in [5.74, 6) is 2.76. The van der Waals surface area contributed by atoms with Crippen LogP contribution >= 0.6 is 0 Å². The first kappa shape index (κ1) is 15.8. The topological polar surface area (TPSA) is 28.5 Å². The minimum atomic E-state index is -0.176. The number of pyridine rings is 1. The summed E-state index contributed by atoms with van der Waals surface area (Å²) in [6.07, 6.45) is 15.5. The van der Waals surface area contributed by atoms with Crippen molar-refractivity contribution >= 4 is 11.8 Å². The molecule has 0 bridgehead atoms.